The first-order valence-electron chi connectivity index (χ1n) is 9.90. The third-order valence-corrected chi connectivity index (χ3v) is 5.00. The number of rotatable bonds is 8. The molecule has 0 N–H and O–H groups in total. The number of amides is 1. The van der Waals surface area contributed by atoms with E-state index in [1.54, 1.807) is 25.1 Å². The number of hydrogen-bond acceptors (Lipinski definition) is 5. The van der Waals surface area contributed by atoms with Gasteiger partial charge < -0.3 is 14.4 Å². The average Bonchev–Trinajstić information content (AvgIpc) is 2.79. The maximum atomic E-state index is 13.2. The first-order valence-corrected chi connectivity index (χ1v) is 10.3. The number of carbonyl (C=O) groups is 1. The van der Waals surface area contributed by atoms with E-state index in [2.05, 4.69) is 12.8 Å². The van der Waals surface area contributed by atoms with Crippen molar-refractivity contribution in [3.05, 3.63) is 89.7 Å². The maximum Gasteiger partial charge on any atom is 0.424 e. The number of hydrogen-bond donors (Lipinski definition) is 1. The van der Waals surface area contributed by atoms with E-state index >= 15 is 0 Å². The summed E-state index contributed by atoms with van der Waals surface area (Å²) in [7, 11) is 1.93. The first-order chi connectivity index (χ1) is 15.0. The number of halogens is 1. The highest BCUT2D eigenvalue weighted by Crippen LogP contribution is 2.35. The Morgan fingerprint density at radius 3 is 2.39 bits per heavy atom. The minimum Gasteiger partial charge on any atom is -0.487 e. The SMILES string of the molecule is CCOC(=O)N(S)c1ccc(N(C)Cc2ccc(F)cc2)cc1OCc1ccccc1. The van der Waals surface area contributed by atoms with Gasteiger partial charge in [-0.1, -0.05) is 55.3 Å². The van der Waals surface area contributed by atoms with Crippen LogP contribution in [0.15, 0.2) is 72.8 Å². The molecule has 0 spiro atoms. The van der Waals surface area contributed by atoms with Crippen LogP contribution in [0.5, 0.6) is 5.75 Å². The molecule has 0 aliphatic carbocycles. The molecule has 0 bridgehead atoms. The van der Waals surface area contributed by atoms with Crippen LogP contribution in [0.2, 0.25) is 0 Å². The number of anilines is 2. The zero-order valence-electron chi connectivity index (χ0n) is 17.5. The van der Waals surface area contributed by atoms with Crippen LogP contribution in [0.25, 0.3) is 0 Å². The quantitative estimate of drug-likeness (QED) is 0.446. The lowest BCUT2D eigenvalue weighted by Crippen LogP contribution is -2.23. The second-order valence-corrected chi connectivity index (χ2v) is 7.32. The maximum absolute atomic E-state index is 13.2. The summed E-state index contributed by atoms with van der Waals surface area (Å²) in [6.45, 7) is 2.90. The van der Waals surface area contributed by atoms with Gasteiger partial charge in [0.25, 0.3) is 0 Å². The fourth-order valence-corrected chi connectivity index (χ4v) is 3.23. The topological polar surface area (TPSA) is 42.0 Å². The van der Waals surface area contributed by atoms with Crippen LogP contribution in [0.3, 0.4) is 0 Å². The third-order valence-electron chi connectivity index (χ3n) is 4.62. The Morgan fingerprint density at radius 2 is 1.71 bits per heavy atom. The molecule has 0 unspecified atom stereocenters. The zero-order valence-corrected chi connectivity index (χ0v) is 18.4. The van der Waals surface area contributed by atoms with E-state index in [0.717, 1.165) is 21.1 Å². The van der Waals surface area contributed by atoms with Crippen molar-refractivity contribution in [3.8, 4) is 5.75 Å². The summed E-state index contributed by atoms with van der Waals surface area (Å²) in [5.74, 6) is 0.232. The van der Waals surface area contributed by atoms with Crippen molar-refractivity contribution in [2.75, 3.05) is 22.9 Å². The summed E-state index contributed by atoms with van der Waals surface area (Å²) in [6.07, 6.45) is -0.581. The molecule has 0 radical (unpaired) electrons. The Balaban J connectivity index is 1.85. The molecule has 0 fully saturated rings. The van der Waals surface area contributed by atoms with E-state index in [4.69, 9.17) is 9.47 Å². The monoisotopic (exact) mass is 440 g/mol. The molecular formula is C24H25FN2O3S. The molecule has 1 amide bonds. The van der Waals surface area contributed by atoms with Gasteiger partial charge in [-0.05, 0) is 42.3 Å². The van der Waals surface area contributed by atoms with Crippen LogP contribution in [0.4, 0.5) is 20.6 Å². The van der Waals surface area contributed by atoms with Crippen molar-refractivity contribution in [2.45, 2.75) is 20.1 Å². The van der Waals surface area contributed by atoms with Crippen molar-refractivity contribution in [1.29, 1.82) is 0 Å². The number of ether oxygens (including phenoxy) is 2. The number of benzene rings is 3. The van der Waals surface area contributed by atoms with E-state index < -0.39 is 6.09 Å². The Hall–Kier alpha value is -3.19. The van der Waals surface area contributed by atoms with E-state index in [1.807, 2.05) is 54.4 Å². The van der Waals surface area contributed by atoms with E-state index in [9.17, 15) is 9.18 Å². The molecule has 31 heavy (non-hydrogen) atoms. The molecule has 0 aromatic heterocycles. The molecule has 7 heteroatoms. The lowest BCUT2D eigenvalue weighted by atomic mass is 10.2. The van der Waals surface area contributed by atoms with Gasteiger partial charge >= 0.3 is 6.09 Å². The Morgan fingerprint density at radius 1 is 1.00 bits per heavy atom. The predicted octanol–water partition coefficient (Wildman–Crippen LogP) is 5.85. The van der Waals surface area contributed by atoms with Crippen LogP contribution >= 0.6 is 12.8 Å². The third kappa shape index (κ3) is 6.15. The normalized spacial score (nSPS) is 10.5. The molecule has 5 nitrogen and oxygen atoms in total. The van der Waals surface area contributed by atoms with Gasteiger partial charge in [0, 0.05) is 25.3 Å². The second kappa shape index (κ2) is 10.7. The lowest BCUT2D eigenvalue weighted by Gasteiger charge is -2.24. The second-order valence-electron chi connectivity index (χ2n) is 6.92. The van der Waals surface area contributed by atoms with Gasteiger partial charge in [0.2, 0.25) is 0 Å². The smallest absolute Gasteiger partial charge is 0.424 e. The minimum atomic E-state index is -0.581. The Kier molecular flexibility index (Phi) is 7.78. The van der Waals surface area contributed by atoms with Gasteiger partial charge in [0.1, 0.15) is 23.9 Å². The lowest BCUT2D eigenvalue weighted by molar-refractivity contribution is 0.164. The van der Waals surface area contributed by atoms with Crippen LogP contribution in [0.1, 0.15) is 18.1 Å². The molecule has 3 aromatic rings. The fraction of sp³-hybridized carbons (Fsp3) is 0.208. The number of carbonyl (C=O) groups excluding carboxylic acids is 1. The highest BCUT2D eigenvalue weighted by Gasteiger charge is 2.19. The van der Waals surface area contributed by atoms with Crippen molar-refractivity contribution in [2.24, 2.45) is 0 Å². The molecule has 0 saturated carbocycles. The summed E-state index contributed by atoms with van der Waals surface area (Å²) in [5, 5.41) is 0. The van der Waals surface area contributed by atoms with Gasteiger partial charge in [0.05, 0.1) is 6.61 Å². The van der Waals surface area contributed by atoms with Crippen molar-refractivity contribution in [1.82, 2.24) is 0 Å². The van der Waals surface area contributed by atoms with Gasteiger partial charge in [-0.25, -0.2) is 13.5 Å². The molecule has 0 aliphatic heterocycles. The largest absolute Gasteiger partial charge is 0.487 e. The van der Waals surface area contributed by atoms with Crippen molar-refractivity contribution >= 4 is 30.3 Å². The van der Waals surface area contributed by atoms with Gasteiger partial charge in [-0.2, -0.15) is 0 Å². The zero-order chi connectivity index (χ0) is 22.2. The van der Waals surface area contributed by atoms with Crippen LogP contribution in [-0.4, -0.2) is 19.7 Å². The van der Waals surface area contributed by atoms with Crippen molar-refractivity contribution < 1.29 is 18.7 Å². The highest BCUT2D eigenvalue weighted by molar-refractivity contribution is 7.82. The van der Waals surface area contributed by atoms with Gasteiger partial charge in [-0.15, -0.1) is 0 Å². The van der Waals surface area contributed by atoms with E-state index in [0.29, 0.717) is 24.6 Å². The molecule has 162 valence electrons. The summed E-state index contributed by atoms with van der Waals surface area (Å²) in [4.78, 5) is 14.2. The average molecular weight is 441 g/mol. The first kappa shape index (κ1) is 22.5. The molecule has 0 saturated heterocycles. The van der Waals surface area contributed by atoms with Gasteiger partial charge in [-0.3, -0.25) is 0 Å². The van der Waals surface area contributed by atoms with E-state index in [1.165, 1.54) is 12.1 Å². The number of nitrogens with zero attached hydrogens (tertiary/aromatic N) is 2. The van der Waals surface area contributed by atoms with Crippen molar-refractivity contribution in [3.63, 3.8) is 0 Å². The number of thiol groups is 1. The van der Waals surface area contributed by atoms with Crippen LogP contribution in [0, 0.1) is 5.82 Å². The molecule has 0 atom stereocenters. The highest BCUT2D eigenvalue weighted by atomic mass is 32.1. The van der Waals surface area contributed by atoms with Gasteiger partial charge in [0.15, 0.2) is 0 Å². The molecule has 3 aromatic carbocycles. The van der Waals surface area contributed by atoms with E-state index in [-0.39, 0.29) is 12.4 Å². The Labute approximate surface area is 187 Å². The minimum absolute atomic E-state index is 0.245. The summed E-state index contributed by atoms with van der Waals surface area (Å²) < 4.78 is 25.4. The fourth-order valence-electron chi connectivity index (χ4n) is 3.00. The molecule has 0 aliphatic rings. The summed E-state index contributed by atoms with van der Waals surface area (Å²) in [5.41, 5.74) is 3.33. The Bertz CT molecular complexity index is 999. The van der Waals surface area contributed by atoms with Crippen LogP contribution < -0.4 is 13.9 Å². The predicted molar refractivity (Wildman–Crippen MR) is 124 cm³/mol. The summed E-state index contributed by atoms with van der Waals surface area (Å²) >= 11 is 4.30. The molecular weight excluding hydrogens is 415 g/mol. The molecule has 3 rings (SSSR count). The molecule has 0 heterocycles. The summed E-state index contributed by atoms with van der Waals surface area (Å²) in [6, 6.07) is 21.6. The standard InChI is InChI=1S/C24H25FN2O3S/c1-3-29-24(28)27(31)22-14-13-21(26(2)16-18-9-11-20(25)12-10-18)15-23(22)30-17-19-7-5-4-6-8-19/h4-15,31H,3,16-17H2,1-2H3. The van der Waals surface area contributed by atoms with Crippen LogP contribution in [-0.2, 0) is 17.9 Å².